The van der Waals surface area contributed by atoms with E-state index in [0.29, 0.717) is 11.6 Å². The lowest BCUT2D eigenvalue weighted by atomic mass is 9.81. The maximum atomic E-state index is 9.75. The predicted molar refractivity (Wildman–Crippen MR) is 59.7 cm³/mol. The summed E-state index contributed by atoms with van der Waals surface area (Å²) in [5.41, 5.74) is 0.714. The van der Waals surface area contributed by atoms with Crippen molar-refractivity contribution in [3.8, 4) is 0 Å². The number of nitrogens with one attached hydrogen (secondary N) is 1. The molecule has 0 amide bonds. The molecule has 0 radical (unpaired) electrons. The standard InChI is InChI=1S/C12H21NO/c1-3-9(2)11(13)8-10-6-4-5-7-12(10)14/h3,9-10,12-14H,1,4-8H2,2H3. The first kappa shape index (κ1) is 11.4. The summed E-state index contributed by atoms with van der Waals surface area (Å²) >= 11 is 0. The Labute approximate surface area is 86.5 Å². The van der Waals surface area contributed by atoms with Gasteiger partial charge in [0.25, 0.3) is 0 Å². The van der Waals surface area contributed by atoms with E-state index in [1.807, 2.05) is 6.92 Å². The summed E-state index contributed by atoms with van der Waals surface area (Å²) < 4.78 is 0. The monoisotopic (exact) mass is 195 g/mol. The van der Waals surface area contributed by atoms with Gasteiger partial charge in [0.05, 0.1) is 6.10 Å². The van der Waals surface area contributed by atoms with Crippen LogP contribution in [0.1, 0.15) is 39.0 Å². The number of hydrogen-bond acceptors (Lipinski definition) is 2. The van der Waals surface area contributed by atoms with Crippen LogP contribution in [0.3, 0.4) is 0 Å². The molecule has 3 atom stereocenters. The van der Waals surface area contributed by atoms with Gasteiger partial charge in [-0.2, -0.15) is 0 Å². The highest BCUT2D eigenvalue weighted by molar-refractivity contribution is 5.85. The molecule has 0 saturated heterocycles. The van der Waals surface area contributed by atoms with E-state index in [2.05, 4.69) is 6.58 Å². The number of allylic oxidation sites excluding steroid dienone is 1. The van der Waals surface area contributed by atoms with Crippen LogP contribution in [0.2, 0.25) is 0 Å². The average Bonchev–Trinajstić information content (AvgIpc) is 2.20. The smallest absolute Gasteiger partial charge is 0.0572 e. The van der Waals surface area contributed by atoms with Crippen LogP contribution in [-0.4, -0.2) is 16.9 Å². The molecule has 0 heterocycles. The lowest BCUT2D eigenvalue weighted by Crippen LogP contribution is -2.27. The van der Waals surface area contributed by atoms with Crippen molar-refractivity contribution in [2.45, 2.75) is 45.1 Å². The fraction of sp³-hybridized carbons (Fsp3) is 0.750. The van der Waals surface area contributed by atoms with E-state index < -0.39 is 0 Å². The summed E-state index contributed by atoms with van der Waals surface area (Å²) in [5, 5.41) is 17.6. The van der Waals surface area contributed by atoms with Crippen LogP contribution in [0, 0.1) is 17.2 Å². The molecule has 1 aliphatic carbocycles. The topological polar surface area (TPSA) is 44.1 Å². The summed E-state index contributed by atoms with van der Waals surface area (Å²) in [5.74, 6) is 0.475. The zero-order valence-electron chi connectivity index (χ0n) is 9.00. The molecule has 2 heteroatoms. The molecule has 2 N–H and O–H groups in total. The van der Waals surface area contributed by atoms with E-state index in [0.717, 1.165) is 25.7 Å². The van der Waals surface area contributed by atoms with E-state index in [1.54, 1.807) is 6.08 Å². The highest BCUT2D eigenvalue weighted by Gasteiger charge is 2.24. The molecule has 0 aromatic rings. The lowest BCUT2D eigenvalue weighted by Gasteiger charge is -2.28. The highest BCUT2D eigenvalue weighted by Crippen LogP contribution is 2.28. The molecule has 2 nitrogen and oxygen atoms in total. The highest BCUT2D eigenvalue weighted by atomic mass is 16.3. The van der Waals surface area contributed by atoms with Gasteiger partial charge in [-0.25, -0.2) is 0 Å². The van der Waals surface area contributed by atoms with Gasteiger partial charge in [-0.3, -0.25) is 0 Å². The third kappa shape index (κ3) is 2.95. The molecule has 80 valence electrons. The Balaban J connectivity index is 2.42. The first-order valence-corrected chi connectivity index (χ1v) is 5.53. The van der Waals surface area contributed by atoms with Crippen molar-refractivity contribution in [1.82, 2.24) is 0 Å². The molecule has 0 bridgehead atoms. The molecule has 0 aliphatic heterocycles. The molecular formula is C12H21NO. The van der Waals surface area contributed by atoms with Gasteiger partial charge in [0.15, 0.2) is 0 Å². The Bertz CT molecular complexity index is 212. The van der Waals surface area contributed by atoms with Crippen molar-refractivity contribution < 1.29 is 5.11 Å². The van der Waals surface area contributed by atoms with E-state index in [1.165, 1.54) is 6.42 Å². The fourth-order valence-corrected chi connectivity index (χ4v) is 2.04. The molecule has 3 unspecified atom stereocenters. The largest absolute Gasteiger partial charge is 0.393 e. The van der Waals surface area contributed by atoms with Crippen molar-refractivity contribution in [2.75, 3.05) is 0 Å². The maximum Gasteiger partial charge on any atom is 0.0572 e. The van der Waals surface area contributed by atoms with Gasteiger partial charge in [0.2, 0.25) is 0 Å². The van der Waals surface area contributed by atoms with E-state index in [4.69, 9.17) is 5.41 Å². The summed E-state index contributed by atoms with van der Waals surface area (Å²) in [6.07, 6.45) is 6.71. The van der Waals surface area contributed by atoms with Gasteiger partial charge < -0.3 is 10.5 Å². The van der Waals surface area contributed by atoms with Crippen LogP contribution in [0.4, 0.5) is 0 Å². The zero-order chi connectivity index (χ0) is 10.6. The van der Waals surface area contributed by atoms with Crippen LogP contribution in [-0.2, 0) is 0 Å². The Morgan fingerprint density at radius 2 is 2.21 bits per heavy atom. The van der Waals surface area contributed by atoms with Crippen molar-refractivity contribution in [3.05, 3.63) is 12.7 Å². The summed E-state index contributed by atoms with van der Waals surface area (Å²) in [7, 11) is 0. The molecule has 0 spiro atoms. The second kappa shape index (κ2) is 5.30. The second-order valence-electron chi connectivity index (χ2n) is 4.37. The molecular weight excluding hydrogens is 174 g/mol. The Morgan fingerprint density at radius 1 is 1.57 bits per heavy atom. The number of aliphatic hydroxyl groups excluding tert-OH is 1. The van der Waals surface area contributed by atoms with Gasteiger partial charge in [0.1, 0.15) is 0 Å². The van der Waals surface area contributed by atoms with Crippen LogP contribution in [0.15, 0.2) is 12.7 Å². The Hall–Kier alpha value is -0.630. The number of rotatable bonds is 4. The number of aliphatic hydroxyl groups is 1. The van der Waals surface area contributed by atoms with Crippen molar-refractivity contribution in [1.29, 1.82) is 5.41 Å². The lowest BCUT2D eigenvalue weighted by molar-refractivity contribution is 0.0730. The van der Waals surface area contributed by atoms with Gasteiger partial charge in [-0.15, -0.1) is 6.58 Å². The van der Waals surface area contributed by atoms with Crippen LogP contribution in [0.25, 0.3) is 0 Å². The Morgan fingerprint density at radius 3 is 2.79 bits per heavy atom. The zero-order valence-corrected chi connectivity index (χ0v) is 9.00. The minimum Gasteiger partial charge on any atom is -0.393 e. The van der Waals surface area contributed by atoms with Crippen molar-refractivity contribution >= 4 is 5.71 Å². The minimum absolute atomic E-state index is 0.157. The molecule has 1 fully saturated rings. The van der Waals surface area contributed by atoms with Gasteiger partial charge >= 0.3 is 0 Å². The third-order valence-electron chi connectivity index (χ3n) is 3.25. The van der Waals surface area contributed by atoms with Crippen molar-refractivity contribution in [3.63, 3.8) is 0 Å². The molecule has 0 aromatic carbocycles. The first-order valence-electron chi connectivity index (χ1n) is 5.53. The molecule has 0 aromatic heterocycles. The minimum atomic E-state index is -0.180. The first-order chi connectivity index (χ1) is 6.65. The normalized spacial score (nSPS) is 29.6. The van der Waals surface area contributed by atoms with Crippen molar-refractivity contribution in [2.24, 2.45) is 11.8 Å². The van der Waals surface area contributed by atoms with Gasteiger partial charge in [-0.05, 0) is 25.2 Å². The molecule has 1 rings (SSSR count). The Kier molecular flexibility index (Phi) is 4.33. The summed E-state index contributed by atoms with van der Waals surface area (Å²) in [4.78, 5) is 0. The van der Waals surface area contributed by atoms with E-state index in [9.17, 15) is 5.11 Å². The predicted octanol–water partition coefficient (Wildman–Crippen LogP) is 2.77. The van der Waals surface area contributed by atoms with Crippen LogP contribution < -0.4 is 0 Å². The second-order valence-corrected chi connectivity index (χ2v) is 4.37. The summed E-state index contributed by atoms with van der Waals surface area (Å²) in [6.45, 7) is 5.68. The van der Waals surface area contributed by atoms with E-state index >= 15 is 0 Å². The molecule has 14 heavy (non-hydrogen) atoms. The molecule has 1 saturated carbocycles. The van der Waals surface area contributed by atoms with E-state index in [-0.39, 0.29) is 12.0 Å². The average molecular weight is 195 g/mol. The summed E-state index contributed by atoms with van der Waals surface area (Å²) in [6, 6.07) is 0. The maximum absolute atomic E-state index is 9.75. The molecule has 1 aliphatic rings. The van der Waals surface area contributed by atoms with Gasteiger partial charge in [0, 0.05) is 11.6 Å². The van der Waals surface area contributed by atoms with Crippen LogP contribution >= 0.6 is 0 Å². The van der Waals surface area contributed by atoms with Gasteiger partial charge in [-0.1, -0.05) is 25.8 Å². The number of hydrogen-bond donors (Lipinski definition) is 2. The third-order valence-corrected chi connectivity index (χ3v) is 3.25. The quantitative estimate of drug-likeness (QED) is 0.526. The SMILES string of the molecule is C=CC(C)C(=N)CC1CCCCC1O. The van der Waals surface area contributed by atoms with Crippen LogP contribution in [0.5, 0.6) is 0 Å². The fourth-order valence-electron chi connectivity index (χ4n) is 2.04.